The summed E-state index contributed by atoms with van der Waals surface area (Å²) in [6.45, 7) is 3.29. The van der Waals surface area contributed by atoms with Crippen molar-refractivity contribution in [2.45, 2.75) is 19.9 Å². The van der Waals surface area contributed by atoms with E-state index >= 15 is 0 Å². The lowest BCUT2D eigenvalue weighted by atomic mass is 10.1. The van der Waals surface area contributed by atoms with Gasteiger partial charge in [0.1, 0.15) is 12.4 Å². The third kappa shape index (κ3) is 4.74. The Morgan fingerprint density at radius 1 is 1.22 bits per heavy atom. The first-order valence-electron chi connectivity index (χ1n) is 8.81. The minimum Gasteiger partial charge on any atom is -0.493 e. The highest BCUT2D eigenvalue weighted by molar-refractivity contribution is 6.30. The lowest BCUT2D eigenvalue weighted by Gasteiger charge is -2.18. The van der Waals surface area contributed by atoms with Crippen molar-refractivity contribution in [3.8, 4) is 17.2 Å². The number of amides is 1. The molecule has 0 bridgehead atoms. The zero-order chi connectivity index (χ0) is 19.2. The standard InChI is InChI=1S/C21H22ClNO4/c1-3-8-26-19-6-4-14(9-20(19)25-2)12-23-21(24)16-10-15-11-17(22)5-7-18(15)27-13-16/h4-7,9-11H,3,8,12-13H2,1-2H3,(H,23,24). The number of ether oxygens (including phenoxy) is 3. The van der Waals surface area contributed by atoms with Crippen molar-refractivity contribution < 1.29 is 19.0 Å². The lowest BCUT2D eigenvalue weighted by molar-refractivity contribution is -0.117. The van der Waals surface area contributed by atoms with Crippen LogP contribution in [0.1, 0.15) is 24.5 Å². The summed E-state index contributed by atoms with van der Waals surface area (Å²) in [5, 5.41) is 3.52. The van der Waals surface area contributed by atoms with Crippen LogP contribution in [0.2, 0.25) is 5.02 Å². The number of methoxy groups -OCH3 is 1. The Labute approximate surface area is 163 Å². The lowest BCUT2D eigenvalue weighted by Crippen LogP contribution is -2.28. The highest BCUT2D eigenvalue weighted by atomic mass is 35.5. The summed E-state index contributed by atoms with van der Waals surface area (Å²) in [4.78, 5) is 12.5. The van der Waals surface area contributed by atoms with Gasteiger partial charge in [-0.2, -0.15) is 0 Å². The highest BCUT2D eigenvalue weighted by Gasteiger charge is 2.17. The molecule has 3 rings (SSSR count). The van der Waals surface area contributed by atoms with Crippen LogP contribution in [0.4, 0.5) is 0 Å². The molecular formula is C21H22ClNO4. The predicted octanol–water partition coefficient (Wildman–Crippen LogP) is 4.23. The van der Waals surface area contributed by atoms with E-state index in [1.807, 2.05) is 31.2 Å². The van der Waals surface area contributed by atoms with E-state index in [9.17, 15) is 4.79 Å². The zero-order valence-corrected chi connectivity index (χ0v) is 16.1. The van der Waals surface area contributed by atoms with Gasteiger partial charge in [0, 0.05) is 17.1 Å². The third-order valence-electron chi connectivity index (χ3n) is 4.12. The van der Waals surface area contributed by atoms with E-state index in [1.165, 1.54) is 0 Å². The average Bonchev–Trinajstić information content (AvgIpc) is 2.70. The van der Waals surface area contributed by atoms with Crippen molar-refractivity contribution in [1.82, 2.24) is 5.32 Å². The topological polar surface area (TPSA) is 56.8 Å². The molecule has 1 heterocycles. The minimum atomic E-state index is -0.175. The van der Waals surface area contributed by atoms with E-state index in [0.717, 1.165) is 23.3 Å². The summed E-state index contributed by atoms with van der Waals surface area (Å²) in [6, 6.07) is 11.0. The fourth-order valence-electron chi connectivity index (χ4n) is 2.73. The maximum Gasteiger partial charge on any atom is 0.250 e. The molecule has 1 aliphatic heterocycles. The molecule has 0 aromatic heterocycles. The molecule has 0 fully saturated rings. The summed E-state index contributed by atoms with van der Waals surface area (Å²) in [5.41, 5.74) is 2.28. The van der Waals surface area contributed by atoms with E-state index in [1.54, 1.807) is 25.3 Å². The van der Waals surface area contributed by atoms with Crippen molar-refractivity contribution in [3.05, 3.63) is 58.1 Å². The van der Waals surface area contributed by atoms with Gasteiger partial charge in [0.05, 0.1) is 19.3 Å². The fraction of sp³-hybridized carbons (Fsp3) is 0.286. The molecule has 0 radical (unpaired) electrons. The van der Waals surface area contributed by atoms with Crippen LogP contribution in [0.3, 0.4) is 0 Å². The Kier molecular flexibility index (Phi) is 6.24. The number of fused-ring (bicyclic) bond motifs is 1. The molecular weight excluding hydrogens is 366 g/mol. The van der Waals surface area contributed by atoms with E-state index in [0.29, 0.717) is 35.2 Å². The monoisotopic (exact) mass is 387 g/mol. The Hall–Kier alpha value is -2.66. The predicted molar refractivity (Wildman–Crippen MR) is 106 cm³/mol. The molecule has 5 nitrogen and oxygen atoms in total. The number of benzene rings is 2. The SMILES string of the molecule is CCCOc1ccc(CNC(=O)C2=Cc3cc(Cl)ccc3OC2)cc1OC. The van der Waals surface area contributed by atoms with Gasteiger partial charge in [0.25, 0.3) is 5.91 Å². The number of carbonyl (C=O) groups is 1. The summed E-state index contributed by atoms with van der Waals surface area (Å²) < 4.78 is 16.7. The average molecular weight is 388 g/mol. The van der Waals surface area contributed by atoms with E-state index in [2.05, 4.69) is 5.32 Å². The first-order valence-corrected chi connectivity index (χ1v) is 9.19. The molecule has 0 spiro atoms. The van der Waals surface area contributed by atoms with Gasteiger partial charge < -0.3 is 19.5 Å². The number of rotatable bonds is 7. The van der Waals surface area contributed by atoms with Crippen molar-refractivity contribution in [2.24, 2.45) is 0 Å². The normalized spacial score (nSPS) is 12.5. The van der Waals surface area contributed by atoms with Gasteiger partial charge in [-0.05, 0) is 48.4 Å². The van der Waals surface area contributed by atoms with Crippen LogP contribution in [-0.2, 0) is 11.3 Å². The van der Waals surface area contributed by atoms with Gasteiger partial charge in [0.15, 0.2) is 11.5 Å². The summed E-state index contributed by atoms with van der Waals surface area (Å²) in [5.74, 6) is 1.90. The van der Waals surface area contributed by atoms with E-state index < -0.39 is 0 Å². The first-order chi connectivity index (χ1) is 13.1. The van der Waals surface area contributed by atoms with Crippen LogP contribution in [0.15, 0.2) is 42.0 Å². The third-order valence-corrected chi connectivity index (χ3v) is 4.35. The summed E-state index contributed by atoms with van der Waals surface area (Å²) >= 11 is 6.01. The maximum atomic E-state index is 12.5. The smallest absolute Gasteiger partial charge is 0.250 e. The summed E-state index contributed by atoms with van der Waals surface area (Å²) in [7, 11) is 1.60. The van der Waals surface area contributed by atoms with Crippen molar-refractivity contribution >= 4 is 23.6 Å². The highest BCUT2D eigenvalue weighted by Crippen LogP contribution is 2.30. The van der Waals surface area contributed by atoms with Gasteiger partial charge in [0.2, 0.25) is 0 Å². The quantitative estimate of drug-likeness (QED) is 0.772. The molecule has 0 saturated heterocycles. The Morgan fingerprint density at radius 2 is 2.07 bits per heavy atom. The molecule has 0 unspecified atom stereocenters. The molecule has 27 heavy (non-hydrogen) atoms. The first kappa shape index (κ1) is 19.1. The van der Waals surface area contributed by atoms with E-state index in [-0.39, 0.29) is 12.5 Å². The van der Waals surface area contributed by atoms with Crippen molar-refractivity contribution in [1.29, 1.82) is 0 Å². The largest absolute Gasteiger partial charge is 0.493 e. The number of hydrogen-bond donors (Lipinski definition) is 1. The number of hydrogen-bond acceptors (Lipinski definition) is 4. The van der Waals surface area contributed by atoms with Crippen LogP contribution in [-0.4, -0.2) is 26.2 Å². The summed E-state index contributed by atoms with van der Waals surface area (Å²) in [6.07, 6.45) is 2.73. The molecule has 0 atom stereocenters. The van der Waals surface area contributed by atoms with E-state index in [4.69, 9.17) is 25.8 Å². The minimum absolute atomic E-state index is 0.175. The second-order valence-corrected chi connectivity index (χ2v) is 6.59. The van der Waals surface area contributed by atoms with Crippen molar-refractivity contribution in [2.75, 3.05) is 20.3 Å². The van der Waals surface area contributed by atoms with Crippen LogP contribution in [0.5, 0.6) is 17.2 Å². The van der Waals surface area contributed by atoms with Gasteiger partial charge in [-0.1, -0.05) is 24.6 Å². The molecule has 1 amide bonds. The Morgan fingerprint density at radius 3 is 2.85 bits per heavy atom. The molecule has 142 valence electrons. The fourth-order valence-corrected chi connectivity index (χ4v) is 2.91. The van der Waals surface area contributed by atoms with Gasteiger partial charge in [-0.25, -0.2) is 0 Å². The maximum absolute atomic E-state index is 12.5. The second kappa shape index (κ2) is 8.82. The van der Waals surface area contributed by atoms with Gasteiger partial charge in [-0.3, -0.25) is 4.79 Å². The zero-order valence-electron chi connectivity index (χ0n) is 15.4. The molecule has 6 heteroatoms. The Balaban J connectivity index is 1.65. The van der Waals surface area contributed by atoms with Gasteiger partial charge >= 0.3 is 0 Å². The van der Waals surface area contributed by atoms with Crippen LogP contribution in [0, 0.1) is 0 Å². The molecule has 1 N–H and O–H groups in total. The molecule has 2 aromatic rings. The van der Waals surface area contributed by atoms with Crippen LogP contribution in [0.25, 0.3) is 6.08 Å². The van der Waals surface area contributed by atoms with Gasteiger partial charge in [-0.15, -0.1) is 0 Å². The Bertz CT molecular complexity index is 863. The number of nitrogens with one attached hydrogen (secondary N) is 1. The molecule has 0 saturated carbocycles. The molecule has 1 aliphatic rings. The molecule has 2 aromatic carbocycles. The van der Waals surface area contributed by atoms with Crippen LogP contribution < -0.4 is 19.5 Å². The molecule has 0 aliphatic carbocycles. The van der Waals surface area contributed by atoms with Crippen LogP contribution >= 0.6 is 11.6 Å². The number of carbonyl (C=O) groups excluding carboxylic acids is 1. The second-order valence-electron chi connectivity index (χ2n) is 6.16. The number of halogens is 1. The van der Waals surface area contributed by atoms with Crippen molar-refractivity contribution in [3.63, 3.8) is 0 Å².